The van der Waals surface area contributed by atoms with Gasteiger partial charge < -0.3 is 10.3 Å². The summed E-state index contributed by atoms with van der Waals surface area (Å²) in [5.74, 6) is -0.249. The van der Waals surface area contributed by atoms with Crippen molar-refractivity contribution in [2.75, 3.05) is 5.73 Å². The van der Waals surface area contributed by atoms with E-state index in [9.17, 15) is 4.39 Å². The summed E-state index contributed by atoms with van der Waals surface area (Å²) in [6.45, 7) is 0. The Bertz CT molecular complexity index is 819. The highest BCUT2D eigenvalue weighted by Gasteiger charge is 2.20. The average Bonchev–Trinajstić information content (AvgIpc) is 2.84. The standard InChI is InChI=1S/C15H9BrClFN2O/c16-10-6-5-8(7-12(10)18)14-13(15(19)21-20-14)9-3-1-2-4-11(9)17/h1-7H,19H2. The molecule has 0 radical (unpaired) electrons. The lowest BCUT2D eigenvalue weighted by atomic mass is 10.0. The van der Waals surface area contributed by atoms with Crippen molar-refractivity contribution in [1.82, 2.24) is 5.16 Å². The van der Waals surface area contributed by atoms with Crippen molar-refractivity contribution >= 4 is 33.4 Å². The van der Waals surface area contributed by atoms with Gasteiger partial charge in [-0.25, -0.2) is 4.39 Å². The summed E-state index contributed by atoms with van der Waals surface area (Å²) < 4.78 is 19.2. The van der Waals surface area contributed by atoms with E-state index in [4.69, 9.17) is 21.9 Å². The van der Waals surface area contributed by atoms with E-state index in [-0.39, 0.29) is 11.7 Å². The minimum atomic E-state index is -0.390. The normalized spacial score (nSPS) is 10.8. The maximum atomic E-state index is 13.7. The van der Waals surface area contributed by atoms with Crippen molar-refractivity contribution in [2.45, 2.75) is 0 Å². The maximum Gasteiger partial charge on any atom is 0.230 e. The molecular weight excluding hydrogens is 359 g/mol. The predicted molar refractivity (Wildman–Crippen MR) is 84.5 cm³/mol. The zero-order valence-corrected chi connectivity index (χ0v) is 13.0. The van der Waals surface area contributed by atoms with Gasteiger partial charge in [-0.15, -0.1) is 0 Å². The largest absolute Gasteiger partial charge is 0.367 e. The van der Waals surface area contributed by atoms with Crippen LogP contribution in [-0.4, -0.2) is 5.16 Å². The van der Waals surface area contributed by atoms with Gasteiger partial charge >= 0.3 is 0 Å². The molecule has 3 nitrogen and oxygen atoms in total. The molecule has 21 heavy (non-hydrogen) atoms. The molecule has 0 saturated heterocycles. The second kappa shape index (κ2) is 5.50. The quantitative estimate of drug-likeness (QED) is 0.682. The van der Waals surface area contributed by atoms with Crippen LogP contribution < -0.4 is 5.73 Å². The molecule has 3 rings (SSSR count). The fraction of sp³-hybridized carbons (Fsp3) is 0. The van der Waals surface area contributed by atoms with Gasteiger partial charge in [-0.1, -0.05) is 41.0 Å². The number of nitrogens with zero attached hydrogens (tertiary/aromatic N) is 1. The first-order valence-corrected chi connectivity index (χ1v) is 7.20. The Balaban J connectivity index is 2.22. The van der Waals surface area contributed by atoms with Gasteiger partial charge in [-0.2, -0.15) is 0 Å². The Kier molecular flexibility index (Phi) is 3.69. The zero-order valence-electron chi connectivity index (χ0n) is 10.6. The number of aromatic nitrogens is 1. The molecule has 2 N–H and O–H groups in total. The first-order valence-electron chi connectivity index (χ1n) is 6.03. The van der Waals surface area contributed by atoms with Gasteiger partial charge in [-0.05, 0) is 34.1 Å². The summed E-state index contributed by atoms with van der Waals surface area (Å²) in [5, 5.41) is 4.45. The van der Waals surface area contributed by atoms with Crippen molar-refractivity contribution < 1.29 is 8.91 Å². The molecule has 6 heteroatoms. The second-order valence-electron chi connectivity index (χ2n) is 4.38. The van der Waals surface area contributed by atoms with Crippen LogP contribution in [0.1, 0.15) is 0 Å². The van der Waals surface area contributed by atoms with E-state index in [2.05, 4.69) is 21.1 Å². The fourth-order valence-electron chi connectivity index (χ4n) is 2.07. The van der Waals surface area contributed by atoms with Crippen molar-refractivity contribution in [3.8, 4) is 22.4 Å². The van der Waals surface area contributed by atoms with Crippen molar-refractivity contribution in [2.24, 2.45) is 0 Å². The van der Waals surface area contributed by atoms with Crippen molar-refractivity contribution in [3.05, 3.63) is 57.8 Å². The van der Waals surface area contributed by atoms with Crippen LogP contribution >= 0.6 is 27.5 Å². The van der Waals surface area contributed by atoms with E-state index in [1.54, 1.807) is 18.2 Å². The molecule has 0 saturated carbocycles. The Morgan fingerprint density at radius 3 is 2.67 bits per heavy atom. The highest BCUT2D eigenvalue weighted by atomic mass is 79.9. The van der Waals surface area contributed by atoms with Crippen LogP contribution in [0, 0.1) is 5.82 Å². The summed E-state index contributed by atoms with van der Waals surface area (Å²) in [6, 6.07) is 11.9. The summed E-state index contributed by atoms with van der Waals surface area (Å²) in [4.78, 5) is 0. The molecule has 1 aromatic heterocycles. The monoisotopic (exact) mass is 366 g/mol. The second-order valence-corrected chi connectivity index (χ2v) is 5.64. The minimum absolute atomic E-state index is 0.140. The highest BCUT2D eigenvalue weighted by molar-refractivity contribution is 9.10. The zero-order chi connectivity index (χ0) is 15.0. The Morgan fingerprint density at radius 1 is 1.19 bits per heavy atom. The van der Waals surface area contributed by atoms with Gasteiger partial charge in [0.05, 0.1) is 10.0 Å². The van der Waals surface area contributed by atoms with Crippen LogP contribution in [0.25, 0.3) is 22.4 Å². The number of nitrogens with two attached hydrogens (primary N) is 1. The predicted octanol–water partition coefficient (Wildman–Crippen LogP) is 5.15. The molecule has 1 heterocycles. The molecule has 0 unspecified atom stereocenters. The average molecular weight is 368 g/mol. The number of hydrogen-bond acceptors (Lipinski definition) is 3. The van der Waals surface area contributed by atoms with Crippen molar-refractivity contribution in [1.29, 1.82) is 0 Å². The highest BCUT2D eigenvalue weighted by Crippen LogP contribution is 2.39. The molecule has 0 spiro atoms. The van der Waals surface area contributed by atoms with Crippen LogP contribution in [0.2, 0.25) is 5.02 Å². The first-order chi connectivity index (χ1) is 10.1. The van der Waals surface area contributed by atoms with Gasteiger partial charge in [0.25, 0.3) is 0 Å². The number of halogens is 3. The van der Waals surface area contributed by atoms with E-state index in [0.717, 1.165) is 0 Å². The molecular formula is C15H9BrClFN2O. The van der Waals surface area contributed by atoms with Gasteiger partial charge in [0.15, 0.2) is 0 Å². The Morgan fingerprint density at radius 2 is 1.95 bits per heavy atom. The van der Waals surface area contributed by atoms with Gasteiger partial charge in [-0.3, -0.25) is 0 Å². The maximum absolute atomic E-state index is 13.7. The first kappa shape index (κ1) is 14.1. The molecule has 0 bridgehead atoms. The molecule has 0 fully saturated rings. The third kappa shape index (κ3) is 2.54. The van der Waals surface area contributed by atoms with Gasteiger partial charge in [0.1, 0.15) is 11.5 Å². The molecule has 106 valence electrons. The number of anilines is 1. The minimum Gasteiger partial charge on any atom is -0.367 e. The van der Waals surface area contributed by atoms with E-state index < -0.39 is 0 Å². The van der Waals surface area contributed by atoms with Crippen LogP contribution in [0.4, 0.5) is 10.3 Å². The molecule has 0 aliphatic rings. The van der Waals surface area contributed by atoms with E-state index in [0.29, 0.717) is 31.9 Å². The summed E-state index contributed by atoms with van der Waals surface area (Å²) >= 11 is 9.31. The summed E-state index contributed by atoms with van der Waals surface area (Å²) in [7, 11) is 0. The lowest BCUT2D eigenvalue weighted by molar-refractivity contribution is 0.439. The van der Waals surface area contributed by atoms with E-state index in [1.807, 2.05) is 18.2 Å². The lowest BCUT2D eigenvalue weighted by Gasteiger charge is -2.05. The van der Waals surface area contributed by atoms with Crippen LogP contribution in [0.3, 0.4) is 0 Å². The third-order valence-corrected chi connectivity index (χ3v) is 4.03. The Labute approximate surface area is 133 Å². The van der Waals surface area contributed by atoms with Crippen LogP contribution in [-0.2, 0) is 0 Å². The number of nitrogen functional groups attached to an aromatic ring is 1. The number of hydrogen-bond donors (Lipinski definition) is 1. The SMILES string of the molecule is Nc1onc(-c2ccc(Br)c(F)c2)c1-c1ccccc1Cl. The lowest BCUT2D eigenvalue weighted by Crippen LogP contribution is -1.89. The Hall–Kier alpha value is -1.85. The van der Waals surface area contributed by atoms with Gasteiger partial charge in [0, 0.05) is 16.1 Å². The van der Waals surface area contributed by atoms with Crippen LogP contribution in [0.15, 0.2) is 51.5 Å². The molecule has 0 aliphatic heterocycles. The van der Waals surface area contributed by atoms with E-state index in [1.165, 1.54) is 6.07 Å². The fourth-order valence-corrected chi connectivity index (χ4v) is 2.54. The molecule has 0 aliphatic carbocycles. The number of rotatable bonds is 2. The van der Waals surface area contributed by atoms with Gasteiger partial charge in [0.2, 0.25) is 5.88 Å². The molecule has 3 aromatic rings. The van der Waals surface area contributed by atoms with Crippen LogP contribution in [0.5, 0.6) is 0 Å². The molecule has 2 aromatic carbocycles. The van der Waals surface area contributed by atoms with Crippen molar-refractivity contribution in [3.63, 3.8) is 0 Å². The summed E-state index contributed by atoms with van der Waals surface area (Å²) in [5.41, 5.74) is 8.12. The molecule has 0 amide bonds. The topological polar surface area (TPSA) is 52.0 Å². The smallest absolute Gasteiger partial charge is 0.230 e. The molecule has 0 atom stereocenters. The van der Waals surface area contributed by atoms with E-state index >= 15 is 0 Å². The summed E-state index contributed by atoms with van der Waals surface area (Å²) in [6.07, 6.45) is 0. The third-order valence-electron chi connectivity index (χ3n) is 3.05. The number of benzene rings is 2.